The second-order valence-electron chi connectivity index (χ2n) is 4.98. The molecular weight excluding hydrogens is 346 g/mol. The lowest BCUT2D eigenvalue weighted by Crippen LogP contribution is -2.16. The molecule has 0 saturated heterocycles. The van der Waals surface area contributed by atoms with Crippen LogP contribution in [0.25, 0.3) is 11.0 Å². The van der Waals surface area contributed by atoms with Gasteiger partial charge in [-0.25, -0.2) is 0 Å². The first kappa shape index (κ1) is 15.0. The first-order valence-corrected chi connectivity index (χ1v) is 7.69. The highest BCUT2D eigenvalue weighted by Gasteiger charge is 2.16. The molecule has 1 atom stereocenters. The largest absolute Gasteiger partial charge is 0.464 e. The molecule has 0 spiro atoms. The molecule has 3 rings (SSSR count). The highest BCUT2D eigenvalue weighted by Crippen LogP contribution is 2.27. The second kappa shape index (κ2) is 6.46. The van der Waals surface area contributed by atoms with E-state index < -0.39 is 0 Å². The average molecular weight is 362 g/mol. The van der Waals surface area contributed by atoms with Crippen LogP contribution in [0.3, 0.4) is 0 Å². The summed E-state index contributed by atoms with van der Waals surface area (Å²) in [4.78, 5) is 8.80. The van der Waals surface area contributed by atoms with E-state index >= 15 is 0 Å². The highest BCUT2D eigenvalue weighted by atomic mass is 79.9. The fourth-order valence-electron chi connectivity index (χ4n) is 2.31. The number of fused-ring (bicyclic) bond motifs is 1. The van der Waals surface area contributed by atoms with E-state index in [1.807, 2.05) is 31.2 Å². The Balaban J connectivity index is 1.96. The van der Waals surface area contributed by atoms with Gasteiger partial charge in [0.1, 0.15) is 23.1 Å². The van der Waals surface area contributed by atoms with Gasteiger partial charge in [-0.2, -0.15) is 0 Å². The molecule has 0 aromatic carbocycles. The minimum absolute atomic E-state index is 0.0882. The van der Waals surface area contributed by atoms with Gasteiger partial charge in [0.05, 0.1) is 17.8 Å². The van der Waals surface area contributed by atoms with Crippen LogP contribution in [0.15, 0.2) is 45.5 Å². The Morgan fingerprint density at radius 2 is 2.18 bits per heavy atom. The van der Waals surface area contributed by atoms with Crippen LogP contribution < -0.4 is 5.32 Å². The third-order valence-corrected chi connectivity index (χ3v) is 3.75. The molecule has 0 fully saturated rings. The molecule has 1 N–H and O–H groups in total. The molecule has 3 heterocycles. The van der Waals surface area contributed by atoms with Crippen molar-refractivity contribution in [3.05, 3.63) is 52.7 Å². The van der Waals surface area contributed by atoms with Crippen LogP contribution in [-0.4, -0.2) is 23.7 Å². The molecule has 0 saturated carbocycles. The van der Waals surface area contributed by atoms with E-state index in [1.54, 1.807) is 19.5 Å². The zero-order chi connectivity index (χ0) is 15.5. The van der Waals surface area contributed by atoms with E-state index in [0.717, 1.165) is 32.7 Å². The summed E-state index contributed by atoms with van der Waals surface area (Å²) < 4.78 is 11.9. The van der Waals surface area contributed by atoms with Crippen LogP contribution in [0.2, 0.25) is 0 Å². The molecule has 0 radical (unpaired) electrons. The molecule has 5 nitrogen and oxygen atoms in total. The van der Waals surface area contributed by atoms with E-state index in [4.69, 9.17) is 9.15 Å². The van der Waals surface area contributed by atoms with Crippen molar-refractivity contribution in [2.45, 2.75) is 13.0 Å². The van der Waals surface area contributed by atoms with Crippen molar-refractivity contribution in [1.29, 1.82) is 0 Å². The maximum atomic E-state index is 5.72. The van der Waals surface area contributed by atoms with Crippen LogP contribution in [0.5, 0.6) is 0 Å². The summed E-state index contributed by atoms with van der Waals surface area (Å²) in [6.07, 6.45) is 3.52. The van der Waals surface area contributed by atoms with Gasteiger partial charge in [0, 0.05) is 24.0 Å². The van der Waals surface area contributed by atoms with Crippen molar-refractivity contribution in [3.8, 4) is 0 Å². The van der Waals surface area contributed by atoms with Crippen molar-refractivity contribution >= 4 is 32.7 Å². The molecular formula is C16H16BrN3O2. The van der Waals surface area contributed by atoms with E-state index in [1.165, 1.54) is 0 Å². The van der Waals surface area contributed by atoms with Gasteiger partial charge in [0.25, 0.3) is 0 Å². The number of aryl methyl sites for hydroxylation is 1. The van der Waals surface area contributed by atoms with E-state index in [-0.39, 0.29) is 6.04 Å². The monoisotopic (exact) mass is 361 g/mol. The third-order valence-electron chi connectivity index (χ3n) is 3.31. The molecule has 0 bridgehead atoms. The lowest BCUT2D eigenvalue weighted by molar-refractivity contribution is 0.178. The second-order valence-corrected chi connectivity index (χ2v) is 5.90. The molecule has 3 aromatic rings. The van der Waals surface area contributed by atoms with Crippen LogP contribution in [-0.2, 0) is 4.74 Å². The normalized spacial score (nSPS) is 12.5. The Bertz CT molecular complexity index is 788. The van der Waals surface area contributed by atoms with Gasteiger partial charge in [-0.15, -0.1) is 0 Å². The maximum absolute atomic E-state index is 5.72. The van der Waals surface area contributed by atoms with Gasteiger partial charge in [0.2, 0.25) is 0 Å². The summed E-state index contributed by atoms with van der Waals surface area (Å²) in [5, 5.41) is 3.44. The summed E-state index contributed by atoms with van der Waals surface area (Å²) in [5.74, 6) is 1.71. The molecule has 1 unspecified atom stereocenters. The Kier molecular flexibility index (Phi) is 4.40. The van der Waals surface area contributed by atoms with Crippen LogP contribution in [0, 0.1) is 6.92 Å². The zero-order valence-electron chi connectivity index (χ0n) is 12.3. The summed E-state index contributed by atoms with van der Waals surface area (Å²) in [6, 6.07) is 7.66. The Morgan fingerprint density at radius 3 is 2.91 bits per heavy atom. The fourth-order valence-corrected chi connectivity index (χ4v) is 2.63. The topological polar surface area (TPSA) is 60.2 Å². The Hall–Kier alpha value is -1.92. The number of nitrogens with one attached hydrogen (secondary N) is 1. The van der Waals surface area contributed by atoms with Crippen molar-refractivity contribution < 1.29 is 9.15 Å². The molecule has 22 heavy (non-hydrogen) atoms. The van der Waals surface area contributed by atoms with Crippen molar-refractivity contribution in [1.82, 2.24) is 9.97 Å². The third kappa shape index (κ3) is 3.13. The molecule has 3 aromatic heterocycles. The number of hydrogen-bond donors (Lipinski definition) is 1. The predicted octanol–water partition coefficient (Wildman–Crippen LogP) is 4.09. The van der Waals surface area contributed by atoms with E-state index in [2.05, 4.69) is 31.2 Å². The number of anilines is 1. The zero-order valence-corrected chi connectivity index (χ0v) is 13.9. The number of pyridine rings is 2. The SMILES string of the molecule is COCC(Nc1ccnc2cc(Br)cnc12)c1ccc(C)o1. The molecule has 0 aliphatic rings. The van der Waals surface area contributed by atoms with Gasteiger partial charge in [-0.05, 0) is 47.1 Å². The standard InChI is InChI=1S/C16H16BrN3O2/c1-10-3-4-15(22-10)14(9-21-2)20-12-5-6-18-13-7-11(17)8-19-16(12)13/h3-8,14H,9H2,1-2H3,(H,18,20). The number of rotatable bonds is 5. The number of aromatic nitrogens is 2. The Morgan fingerprint density at radius 1 is 1.32 bits per heavy atom. The molecule has 114 valence electrons. The van der Waals surface area contributed by atoms with E-state index in [9.17, 15) is 0 Å². The van der Waals surface area contributed by atoms with Gasteiger partial charge >= 0.3 is 0 Å². The minimum Gasteiger partial charge on any atom is -0.464 e. The molecule has 0 amide bonds. The number of halogens is 1. The van der Waals surface area contributed by atoms with E-state index in [0.29, 0.717) is 6.61 Å². The minimum atomic E-state index is -0.0882. The van der Waals surface area contributed by atoms with Gasteiger partial charge in [-0.1, -0.05) is 0 Å². The van der Waals surface area contributed by atoms with Gasteiger partial charge in [0.15, 0.2) is 0 Å². The lowest BCUT2D eigenvalue weighted by atomic mass is 10.2. The quantitative estimate of drug-likeness (QED) is 0.741. The van der Waals surface area contributed by atoms with Crippen molar-refractivity contribution in [2.75, 3.05) is 19.0 Å². The summed E-state index contributed by atoms with van der Waals surface area (Å²) >= 11 is 3.41. The summed E-state index contributed by atoms with van der Waals surface area (Å²) in [5.41, 5.74) is 2.54. The molecule has 0 aliphatic carbocycles. The first-order valence-electron chi connectivity index (χ1n) is 6.89. The van der Waals surface area contributed by atoms with Gasteiger partial charge in [-0.3, -0.25) is 9.97 Å². The highest BCUT2D eigenvalue weighted by molar-refractivity contribution is 9.10. The number of hydrogen-bond acceptors (Lipinski definition) is 5. The smallest absolute Gasteiger partial charge is 0.128 e. The number of nitrogens with zero attached hydrogens (tertiary/aromatic N) is 2. The predicted molar refractivity (Wildman–Crippen MR) is 88.9 cm³/mol. The van der Waals surface area contributed by atoms with Crippen molar-refractivity contribution in [2.24, 2.45) is 0 Å². The summed E-state index contributed by atoms with van der Waals surface area (Å²) in [7, 11) is 1.67. The van der Waals surface area contributed by atoms with Crippen LogP contribution in [0.1, 0.15) is 17.6 Å². The van der Waals surface area contributed by atoms with Gasteiger partial charge < -0.3 is 14.5 Å². The number of ether oxygens (including phenoxy) is 1. The average Bonchev–Trinajstić information content (AvgIpc) is 2.93. The first-order chi connectivity index (χ1) is 10.7. The summed E-state index contributed by atoms with van der Waals surface area (Å²) in [6.45, 7) is 2.42. The molecule has 6 heteroatoms. The fraction of sp³-hybridized carbons (Fsp3) is 0.250. The lowest BCUT2D eigenvalue weighted by Gasteiger charge is -2.18. The van der Waals surface area contributed by atoms with Crippen molar-refractivity contribution in [3.63, 3.8) is 0 Å². The van der Waals surface area contributed by atoms with Crippen LogP contribution in [0.4, 0.5) is 5.69 Å². The number of furan rings is 1. The number of methoxy groups -OCH3 is 1. The Labute approximate surface area is 136 Å². The molecule has 0 aliphatic heterocycles. The van der Waals surface area contributed by atoms with Crippen LogP contribution >= 0.6 is 15.9 Å². The maximum Gasteiger partial charge on any atom is 0.128 e.